The molecule has 0 aliphatic carbocycles. The molecule has 4 rings (SSSR count). The van der Waals surface area contributed by atoms with E-state index in [1.165, 1.54) is 4.90 Å². The van der Waals surface area contributed by atoms with Gasteiger partial charge >= 0.3 is 6.18 Å². The van der Waals surface area contributed by atoms with Crippen LogP contribution in [0.2, 0.25) is 0 Å². The van der Waals surface area contributed by atoms with Gasteiger partial charge in [0, 0.05) is 54.0 Å². The van der Waals surface area contributed by atoms with Crippen molar-refractivity contribution < 1.29 is 22.4 Å². The zero-order chi connectivity index (χ0) is 22.0. The molecule has 1 amide bonds. The Morgan fingerprint density at radius 3 is 2.77 bits per heavy atom. The van der Waals surface area contributed by atoms with Gasteiger partial charge in [-0.2, -0.15) is 13.2 Å². The summed E-state index contributed by atoms with van der Waals surface area (Å²) in [5.41, 5.74) is 2.38. The van der Waals surface area contributed by atoms with Gasteiger partial charge in [-0.3, -0.25) is 9.69 Å². The van der Waals surface area contributed by atoms with Crippen molar-refractivity contribution in [3.63, 3.8) is 0 Å². The maximum atomic E-state index is 13.3. The average Bonchev–Trinajstić information content (AvgIpc) is 3.22. The van der Waals surface area contributed by atoms with Crippen LogP contribution in [0.15, 0.2) is 38.4 Å². The van der Waals surface area contributed by atoms with Crippen LogP contribution in [0, 0.1) is 6.92 Å². The number of aryl methyl sites for hydroxylation is 1. The normalized spacial score (nSPS) is 16.1. The van der Waals surface area contributed by atoms with Gasteiger partial charge in [0.15, 0.2) is 5.76 Å². The van der Waals surface area contributed by atoms with Crippen LogP contribution < -0.4 is 0 Å². The van der Waals surface area contributed by atoms with E-state index in [2.05, 4.69) is 4.98 Å². The van der Waals surface area contributed by atoms with E-state index in [0.717, 1.165) is 21.0 Å². The lowest BCUT2D eigenvalue weighted by Gasteiger charge is -2.22. The van der Waals surface area contributed by atoms with Gasteiger partial charge in [0.05, 0.1) is 6.54 Å². The van der Waals surface area contributed by atoms with E-state index in [1.54, 1.807) is 28.0 Å². The Morgan fingerprint density at radius 1 is 1.23 bits per heavy atom. The molecule has 0 bridgehead atoms. The second-order valence-corrected chi connectivity index (χ2v) is 9.57. The van der Waals surface area contributed by atoms with Gasteiger partial charge in [-0.15, -0.1) is 11.3 Å². The number of para-hydroxylation sites is 1. The molecule has 1 saturated heterocycles. The first-order valence-corrected chi connectivity index (χ1v) is 11.8. The Balaban J connectivity index is 1.54. The van der Waals surface area contributed by atoms with Crippen LogP contribution in [0.4, 0.5) is 13.2 Å². The maximum absolute atomic E-state index is 13.3. The van der Waals surface area contributed by atoms with Gasteiger partial charge in [0.1, 0.15) is 9.92 Å². The molecule has 0 saturated carbocycles. The number of hydrogen-bond acceptors (Lipinski definition) is 6. The van der Waals surface area contributed by atoms with Crippen LogP contribution in [0.25, 0.3) is 11.0 Å². The van der Waals surface area contributed by atoms with Crippen molar-refractivity contribution >= 4 is 40.0 Å². The molecule has 0 unspecified atom stereocenters. The molecule has 5 nitrogen and oxygen atoms in total. The Morgan fingerprint density at radius 2 is 2.03 bits per heavy atom. The third-order valence-electron chi connectivity index (χ3n) is 5.11. The standard InChI is InChI=1S/C21H22F3N3O2S2/c1-14-11-30-20(25-14)31-12-16-15-5-2-3-6-17(15)29-18(16)19(28)27-8-4-7-26(9-10-27)13-21(22,23)24/h2-3,5-6,11H,4,7-10,12-13H2,1H3. The fourth-order valence-electron chi connectivity index (χ4n) is 3.68. The van der Waals surface area contributed by atoms with Crippen molar-refractivity contribution in [3.05, 3.63) is 46.7 Å². The van der Waals surface area contributed by atoms with Crippen LogP contribution in [0.5, 0.6) is 0 Å². The molecule has 1 fully saturated rings. The number of halogens is 3. The molecule has 1 aliphatic rings. The third kappa shape index (κ3) is 5.42. The molecule has 2 aromatic heterocycles. The summed E-state index contributed by atoms with van der Waals surface area (Å²) in [6.45, 7) is 2.13. The number of thiazole rings is 1. The zero-order valence-corrected chi connectivity index (χ0v) is 18.6. The highest BCUT2D eigenvalue weighted by Gasteiger charge is 2.33. The number of benzene rings is 1. The summed E-state index contributed by atoms with van der Waals surface area (Å²) in [5, 5.41) is 2.85. The van der Waals surface area contributed by atoms with E-state index in [9.17, 15) is 18.0 Å². The van der Waals surface area contributed by atoms with E-state index in [4.69, 9.17) is 4.42 Å². The molecule has 3 heterocycles. The summed E-state index contributed by atoms with van der Waals surface area (Å²) in [4.78, 5) is 20.7. The topological polar surface area (TPSA) is 49.6 Å². The first kappa shape index (κ1) is 22.2. The number of carbonyl (C=O) groups is 1. The van der Waals surface area contributed by atoms with E-state index < -0.39 is 12.7 Å². The Hall–Kier alpha value is -2.04. The van der Waals surface area contributed by atoms with Crippen molar-refractivity contribution in [3.8, 4) is 0 Å². The summed E-state index contributed by atoms with van der Waals surface area (Å²) in [6, 6.07) is 7.49. The number of aromatic nitrogens is 1. The number of alkyl halides is 3. The SMILES string of the molecule is Cc1csc(SCc2c(C(=O)N3CCCN(CC(F)(F)F)CC3)oc3ccccc23)n1. The van der Waals surface area contributed by atoms with Gasteiger partial charge in [0.2, 0.25) is 0 Å². The van der Waals surface area contributed by atoms with Crippen LogP contribution in [0.1, 0.15) is 28.2 Å². The molecule has 31 heavy (non-hydrogen) atoms. The predicted octanol–water partition coefficient (Wildman–Crippen LogP) is 5.20. The number of fused-ring (bicyclic) bond motifs is 1. The lowest BCUT2D eigenvalue weighted by atomic mass is 10.1. The Bertz CT molecular complexity index is 1060. The Kier molecular flexibility index (Phi) is 6.59. The van der Waals surface area contributed by atoms with Crippen LogP contribution in [0.3, 0.4) is 0 Å². The number of nitrogens with zero attached hydrogens (tertiary/aromatic N) is 3. The zero-order valence-electron chi connectivity index (χ0n) is 16.9. The van der Waals surface area contributed by atoms with Crippen molar-refractivity contribution in [2.45, 2.75) is 29.6 Å². The predicted molar refractivity (Wildman–Crippen MR) is 116 cm³/mol. The molecule has 1 aromatic carbocycles. The monoisotopic (exact) mass is 469 g/mol. The quantitative estimate of drug-likeness (QED) is 0.481. The first-order chi connectivity index (χ1) is 14.8. The summed E-state index contributed by atoms with van der Waals surface area (Å²) >= 11 is 3.10. The molecular weight excluding hydrogens is 447 g/mol. The van der Waals surface area contributed by atoms with E-state index in [1.807, 2.05) is 36.6 Å². The minimum Gasteiger partial charge on any atom is -0.451 e. The smallest absolute Gasteiger partial charge is 0.401 e. The van der Waals surface area contributed by atoms with Crippen molar-refractivity contribution in [1.82, 2.24) is 14.8 Å². The summed E-state index contributed by atoms with van der Waals surface area (Å²) in [5.74, 6) is 0.529. The average molecular weight is 470 g/mol. The van der Waals surface area contributed by atoms with Crippen LogP contribution in [-0.4, -0.2) is 59.6 Å². The van der Waals surface area contributed by atoms with E-state index >= 15 is 0 Å². The van der Waals surface area contributed by atoms with Gasteiger partial charge in [-0.1, -0.05) is 30.0 Å². The number of rotatable bonds is 5. The highest BCUT2D eigenvalue weighted by molar-refractivity contribution is 8.00. The number of hydrogen-bond donors (Lipinski definition) is 0. The maximum Gasteiger partial charge on any atom is 0.401 e. The van der Waals surface area contributed by atoms with E-state index in [-0.39, 0.29) is 24.8 Å². The number of furan rings is 1. The largest absolute Gasteiger partial charge is 0.451 e. The first-order valence-electron chi connectivity index (χ1n) is 9.94. The molecule has 3 aromatic rings. The highest BCUT2D eigenvalue weighted by atomic mass is 32.2. The number of thioether (sulfide) groups is 1. The third-order valence-corrected chi connectivity index (χ3v) is 7.27. The molecule has 0 radical (unpaired) electrons. The lowest BCUT2D eigenvalue weighted by Crippen LogP contribution is -2.38. The number of carbonyl (C=O) groups excluding carboxylic acids is 1. The fourth-order valence-corrected chi connectivity index (χ4v) is 5.55. The van der Waals surface area contributed by atoms with Crippen molar-refractivity contribution in [1.29, 1.82) is 0 Å². The van der Waals surface area contributed by atoms with Crippen molar-refractivity contribution in [2.75, 3.05) is 32.7 Å². The van der Waals surface area contributed by atoms with Crippen molar-refractivity contribution in [2.24, 2.45) is 0 Å². The summed E-state index contributed by atoms with van der Waals surface area (Å²) in [7, 11) is 0. The van der Waals surface area contributed by atoms with Gasteiger partial charge in [-0.05, 0) is 19.4 Å². The molecule has 0 N–H and O–H groups in total. The fraction of sp³-hybridized carbons (Fsp3) is 0.429. The molecule has 0 spiro atoms. The van der Waals surface area contributed by atoms with E-state index in [0.29, 0.717) is 30.8 Å². The molecule has 1 aliphatic heterocycles. The molecule has 10 heteroatoms. The summed E-state index contributed by atoms with van der Waals surface area (Å²) < 4.78 is 45.1. The Labute approximate surface area is 186 Å². The molecular formula is C21H22F3N3O2S2. The second-order valence-electron chi connectivity index (χ2n) is 7.49. The van der Waals surface area contributed by atoms with Crippen LogP contribution >= 0.6 is 23.1 Å². The molecule has 0 atom stereocenters. The summed E-state index contributed by atoms with van der Waals surface area (Å²) in [6.07, 6.45) is -3.75. The minimum atomic E-state index is -4.24. The minimum absolute atomic E-state index is 0.188. The highest BCUT2D eigenvalue weighted by Crippen LogP contribution is 2.34. The molecule has 166 valence electrons. The van der Waals surface area contributed by atoms with Gasteiger partial charge in [-0.25, -0.2) is 4.98 Å². The van der Waals surface area contributed by atoms with Gasteiger partial charge < -0.3 is 9.32 Å². The number of amides is 1. The van der Waals surface area contributed by atoms with Crippen LogP contribution in [-0.2, 0) is 5.75 Å². The second kappa shape index (κ2) is 9.22. The van der Waals surface area contributed by atoms with Gasteiger partial charge in [0.25, 0.3) is 5.91 Å². The lowest BCUT2D eigenvalue weighted by molar-refractivity contribution is -0.145.